The first-order valence-electron chi connectivity index (χ1n) is 6.87. The molecule has 0 spiro atoms. The molecule has 1 aromatic rings. The van der Waals surface area contributed by atoms with Crippen molar-refractivity contribution in [3.8, 4) is 0 Å². The van der Waals surface area contributed by atoms with Gasteiger partial charge in [-0.25, -0.2) is 4.79 Å². The first-order chi connectivity index (χ1) is 9.88. The Kier molecular flexibility index (Phi) is 4.26. The predicted molar refractivity (Wildman–Crippen MR) is 78.7 cm³/mol. The Balaban J connectivity index is 1.98. The van der Waals surface area contributed by atoms with Crippen molar-refractivity contribution in [3.05, 3.63) is 29.8 Å². The third-order valence-corrected chi connectivity index (χ3v) is 3.36. The number of benzene rings is 1. The molecule has 0 radical (unpaired) electrons. The Labute approximate surface area is 123 Å². The van der Waals surface area contributed by atoms with Crippen LogP contribution in [0.3, 0.4) is 0 Å². The monoisotopic (exact) mass is 289 g/mol. The number of amides is 4. The lowest BCUT2D eigenvalue weighted by molar-refractivity contribution is -0.131. The zero-order valence-electron chi connectivity index (χ0n) is 12.3. The quantitative estimate of drug-likeness (QED) is 0.825. The fraction of sp³-hybridized carbons (Fsp3) is 0.400. The molecule has 2 N–H and O–H groups in total. The summed E-state index contributed by atoms with van der Waals surface area (Å²) in [5, 5.41) is 5.26. The summed E-state index contributed by atoms with van der Waals surface area (Å²) in [5.41, 5.74) is 1.72. The van der Waals surface area contributed by atoms with Crippen molar-refractivity contribution in [2.45, 2.75) is 26.8 Å². The lowest BCUT2D eigenvalue weighted by Crippen LogP contribution is -2.39. The Morgan fingerprint density at radius 2 is 1.90 bits per heavy atom. The molecule has 6 heteroatoms. The van der Waals surface area contributed by atoms with Gasteiger partial charge in [-0.15, -0.1) is 0 Å². The van der Waals surface area contributed by atoms with Crippen molar-refractivity contribution in [1.82, 2.24) is 10.2 Å². The van der Waals surface area contributed by atoms with E-state index in [2.05, 4.69) is 10.6 Å². The molecule has 0 saturated carbocycles. The van der Waals surface area contributed by atoms with Crippen LogP contribution in [-0.4, -0.2) is 35.3 Å². The van der Waals surface area contributed by atoms with Gasteiger partial charge in [0.1, 0.15) is 12.6 Å². The lowest BCUT2D eigenvalue weighted by atomic mass is 10.1. The van der Waals surface area contributed by atoms with Crippen molar-refractivity contribution in [3.63, 3.8) is 0 Å². The van der Waals surface area contributed by atoms with Gasteiger partial charge < -0.3 is 10.6 Å². The number of hydrogen-bond donors (Lipinski definition) is 2. The van der Waals surface area contributed by atoms with E-state index in [0.717, 1.165) is 10.5 Å². The standard InChI is InChI=1S/C15H19N3O3/c1-9(2)13-14(20)18(15(21)17-13)8-12(19)16-11-6-4-10(3)5-7-11/h4-7,9,13H,8H2,1-3H3,(H,16,19)(H,17,21)/t13-/m0/s1. The minimum atomic E-state index is -0.551. The SMILES string of the molecule is Cc1ccc(NC(=O)CN2C(=O)N[C@@H](C(C)C)C2=O)cc1. The number of anilines is 1. The van der Waals surface area contributed by atoms with E-state index in [1.807, 2.05) is 32.9 Å². The van der Waals surface area contributed by atoms with E-state index < -0.39 is 18.0 Å². The molecule has 6 nitrogen and oxygen atoms in total. The fourth-order valence-corrected chi connectivity index (χ4v) is 2.12. The Morgan fingerprint density at radius 1 is 1.29 bits per heavy atom. The van der Waals surface area contributed by atoms with Crippen LogP contribution < -0.4 is 10.6 Å². The number of aryl methyl sites for hydroxylation is 1. The van der Waals surface area contributed by atoms with Crippen LogP contribution in [0.1, 0.15) is 19.4 Å². The van der Waals surface area contributed by atoms with E-state index in [-0.39, 0.29) is 18.4 Å². The number of carbonyl (C=O) groups excluding carboxylic acids is 3. The number of imide groups is 1. The highest BCUT2D eigenvalue weighted by atomic mass is 16.2. The maximum Gasteiger partial charge on any atom is 0.325 e. The minimum absolute atomic E-state index is 0.00777. The highest BCUT2D eigenvalue weighted by Gasteiger charge is 2.40. The summed E-state index contributed by atoms with van der Waals surface area (Å²) in [6.45, 7) is 5.37. The Hall–Kier alpha value is -2.37. The van der Waals surface area contributed by atoms with Crippen molar-refractivity contribution >= 4 is 23.5 Å². The van der Waals surface area contributed by atoms with Crippen molar-refractivity contribution in [2.24, 2.45) is 5.92 Å². The molecule has 1 saturated heterocycles. The average molecular weight is 289 g/mol. The molecule has 1 atom stereocenters. The van der Waals surface area contributed by atoms with Crippen LogP contribution in [0, 0.1) is 12.8 Å². The van der Waals surface area contributed by atoms with Crippen LogP contribution in [0.15, 0.2) is 24.3 Å². The van der Waals surface area contributed by atoms with Crippen molar-refractivity contribution in [1.29, 1.82) is 0 Å². The molecule has 21 heavy (non-hydrogen) atoms. The van der Waals surface area contributed by atoms with Gasteiger partial charge >= 0.3 is 6.03 Å². The highest BCUT2D eigenvalue weighted by molar-refractivity contribution is 6.08. The summed E-state index contributed by atoms with van der Waals surface area (Å²) in [4.78, 5) is 36.7. The third-order valence-electron chi connectivity index (χ3n) is 3.36. The molecule has 112 valence electrons. The Morgan fingerprint density at radius 3 is 2.43 bits per heavy atom. The average Bonchev–Trinajstić information content (AvgIpc) is 2.69. The number of carbonyl (C=O) groups is 3. The van der Waals surface area contributed by atoms with Crippen LogP contribution in [0.25, 0.3) is 0 Å². The first-order valence-corrected chi connectivity index (χ1v) is 6.87. The van der Waals surface area contributed by atoms with Gasteiger partial charge in [-0.1, -0.05) is 31.5 Å². The van der Waals surface area contributed by atoms with Crippen molar-refractivity contribution < 1.29 is 14.4 Å². The number of rotatable bonds is 4. The third kappa shape index (κ3) is 3.39. The van der Waals surface area contributed by atoms with E-state index >= 15 is 0 Å². The molecule has 0 bridgehead atoms. The van der Waals surface area contributed by atoms with Crippen LogP contribution in [0.4, 0.5) is 10.5 Å². The van der Waals surface area contributed by atoms with E-state index in [1.165, 1.54) is 0 Å². The second kappa shape index (κ2) is 5.95. The molecule has 2 rings (SSSR count). The van der Waals surface area contributed by atoms with Gasteiger partial charge in [0.2, 0.25) is 5.91 Å². The zero-order valence-corrected chi connectivity index (χ0v) is 12.3. The van der Waals surface area contributed by atoms with Gasteiger partial charge in [0.15, 0.2) is 0 Å². The van der Waals surface area contributed by atoms with E-state index in [9.17, 15) is 14.4 Å². The lowest BCUT2D eigenvalue weighted by Gasteiger charge is -2.14. The van der Waals surface area contributed by atoms with E-state index in [4.69, 9.17) is 0 Å². The molecule has 1 aliphatic heterocycles. The van der Waals surface area contributed by atoms with Crippen LogP contribution in [0.5, 0.6) is 0 Å². The second-order valence-electron chi connectivity index (χ2n) is 5.51. The smallest absolute Gasteiger partial charge is 0.325 e. The number of hydrogen-bond acceptors (Lipinski definition) is 3. The predicted octanol–water partition coefficient (Wildman–Crippen LogP) is 1.51. The summed E-state index contributed by atoms with van der Waals surface area (Å²) in [7, 11) is 0. The number of nitrogens with zero attached hydrogens (tertiary/aromatic N) is 1. The molecular formula is C15H19N3O3. The first kappa shape index (κ1) is 15.0. The van der Waals surface area contributed by atoms with Gasteiger partial charge in [-0.3, -0.25) is 14.5 Å². The van der Waals surface area contributed by atoms with Gasteiger partial charge in [-0.2, -0.15) is 0 Å². The fourth-order valence-electron chi connectivity index (χ4n) is 2.12. The van der Waals surface area contributed by atoms with Gasteiger partial charge in [0.05, 0.1) is 0 Å². The molecular weight excluding hydrogens is 270 g/mol. The number of nitrogens with one attached hydrogen (secondary N) is 2. The molecule has 1 heterocycles. The molecule has 1 aliphatic rings. The molecule has 0 aromatic heterocycles. The van der Waals surface area contributed by atoms with Gasteiger partial charge in [-0.05, 0) is 25.0 Å². The van der Waals surface area contributed by atoms with Crippen LogP contribution in [0.2, 0.25) is 0 Å². The molecule has 0 aliphatic carbocycles. The van der Waals surface area contributed by atoms with Crippen molar-refractivity contribution in [2.75, 3.05) is 11.9 Å². The molecule has 1 aromatic carbocycles. The topological polar surface area (TPSA) is 78.5 Å². The molecule has 4 amide bonds. The highest BCUT2D eigenvalue weighted by Crippen LogP contribution is 2.14. The summed E-state index contributed by atoms with van der Waals surface area (Å²) in [6, 6.07) is 6.23. The van der Waals surface area contributed by atoms with E-state index in [0.29, 0.717) is 5.69 Å². The van der Waals surface area contributed by atoms with E-state index in [1.54, 1.807) is 12.1 Å². The number of urea groups is 1. The summed E-state index contributed by atoms with van der Waals surface area (Å²) in [6.07, 6.45) is 0. The molecule has 1 fully saturated rings. The summed E-state index contributed by atoms with van der Waals surface area (Å²) >= 11 is 0. The largest absolute Gasteiger partial charge is 0.326 e. The maximum atomic E-state index is 12.1. The van der Waals surface area contributed by atoms with Gasteiger partial charge in [0.25, 0.3) is 5.91 Å². The second-order valence-corrected chi connectivity index (χ2v) is 5.51. The summed E-state index contributed by atoms with van der Waals surface area (Å²) < 4.78 is 0. The zero-order chi connectivity index (χ0) is 15.6. The van der Waals surface area contributed by atoms with Gasteiger partial charge in [0, 0.05) is 5.69 Å². The molecule has 0 unspecified atom stereocenters. The Bertz CT molecular complexity index is 566. The van der Waals surface area contributed by atoms with Crippen LogP contribution >= 0.6 is 0 Å². The maximum absolute atomic E-state index is 12.1. The normalized spacial score (nSPS) is 18.1. The minimum Gasteiger partial charge on any atom is -0.326 e. The van der Waals surface area contributed by atoms with Crippen LogP contribution in [-0.2, 0) is 9.59 Å². The summed E-state index contributed by atoms with van der Waals surface area (Å²) in [5.74, 6) is -0.757.